The molecule has 1 amide bonds. The Balaban J connectivity index is 3.83. The van der Waals surface area contributed by atoms with Crippen molar-refractivity contribution in [1.29, 1.82) is 0 Å². The molecule has 0 saturated carbocycles. The van der Waals surface area contributed by atoms with Gasteiger partial charge in [-0.15, -0.1) is 0 Å². The fraction of sp³-hybridized carbons (Fsp3) is 0.923. The fourth-order valence-corrected chi connectivity index (χ4v) is 1.57. The van der Waals surface area contributed by atoms with E-state index in [4.69, 9.17) is 9.47 Å². The van der Waals surface area contributed by atoms with E-state index < -0.39 is 0 Å². The summed E-state index contributed by atoms with van der Waals surface area (Å²) >= 11 is 2.05. The van der Waals surface area contributed by atoms with Crippen LogP contribution in [-0.2, 0) is 14.3 Å². The van der Waals surface area contributed by atoms with Crippen molar-refractivity contribution in [1.82, 2.24) is 5.32 Å². The smallest absolute Gasteiger partial charge is 0.229 e. The van der Waals surface area contributed by atoms with Gasteiger partial charge in [0.15, 0.2) is 0 Å². The van der Waals surface area contributed by atoms with Gasteiger partial charge in [0.25, 0.3) is 0 Å². The number of alkyl halides is 1. The summed E-state index contributed by atoms with van der Waals surface area (Å²) in [5, 5.41) is 2.86. The van der Waals surface area contributed by atoms with Gasteiger partial charge in [-0.3, -0.25) is 4.79 Å². The van der Waals surface area contributed by atoms with Crippen LogP contribution in [0.3, 0.4) is 0 Å². The Labute approximate surface area is 124 Å². The van der Waals surface area contributed by atoms with Crippen LogP contribution in [-0.4, -0.2) is 41.8 Å². The normalized spacial score (nSPS) is 12.6. The largest absolute Gasteiger partial charge is 0.379 e. The second-order valence-corrected chi connectivity index (χ2v) is 6.32. The summed E-state index contributed by atoms with van der Waals surface area (Å²) < 4.78 is 11.7. The van der Waals surface area contributed by atoms with E-state index in [1.54, 1.807) is 7.11 Å². The summed E-state index contributed by atoms with van der Waals surface area (Å²) in [5.41, 5.74) is -0.367. The molecule has 0 aromatic carbocycles. The molecule has 0 bridgehead atoms. The maximum absolute atomic E-state index is 11.1. The highest BCUT2D eigenvalue weighted by molar-refractivity contribution is 14.1. The van der Waals surface area contributed by atoms with Crippen molar-refractivity contribution in [3.8, 4) is 0 Å². The van der Waals surface area contributed by atoms with Crippen molar-refractivity contribution in [2.24, 2.45) is 0 Å². The Morgan fingerprint density at radius 2 is 1.78 bits per heavy atom. The number of methoxy groups -OCH3 is 1. The van der Waals surface area contributed by atoms with Crippen molar-refractivity contribution >= 4 is 28.5 Å². The van der Waals surface area contributed by atoms with Crippen LogP contribution >= 0.6 is 22.6 Å². The van der Waals surface area contributed by atoms with Gasteiger partial charge in [-0.05, 0) is 40.5 Å². The summed E-state index contributed by atoms with van der Waals surface area (Å²) in [6, 6.07) is 0. The van der Waals surface area contributed by atoms with Crippen LogP contribution < -0.4 is 5.32 Å². The molecule has 0 aliphatic carbocycles. The summed E-state index contributed by atoms with van der Waals surface area (Å²) in [7, 11) is 1.71. The molecule has 0 atom stereocenters. The Kier molecular flexibility index (Phi) is 8.38. The molecule has 0 unspecified atom stereocenters. The first-order valence-corrected chi connectivity index (χ1v) is 7.77. The number of amides is 1. The lowest BCUT2D eigenvalue weighted by molar-refractivity contribution is -0.118. The van der Waals surface area contributed by atoms with Crippen LogP contribution in [0.4, 0.5) is 0 Å². The third-order valence-corrected chi connectivity index (χ3v) is 3.61. The molecule has 0 aromatic heterocycles. The van der Waals surface area contributed by atoms with E-state index in [0.29, 0.717) is 17.6 Å². The zero-order valence-electron chi connectivity index (χ0n) is 12.1. The average Bonchev–Trinajstić information content (AvgIpc) is 2.28. The van der Waals surface area contributed by atoms with E-state index in [9.17, 15) is 4.79 Å². The lowest BCUT2D eigenvalue weighted by Gasteiger charge is -2.29. The number of rotatable bonds is 9. The van der Waals surface area contributed by atoms with Crippen molar-refractivity contribution in [2.75, 3.05) is 24.7 Å². The molecule has 18 heavy (non-hydrogen) atoms. The second-order valence-electron chi connectivity index (χ2n) is 5.56. The van der Waals surface area contributed by atoms with Gasteiger partial charge in [0.1, 0.15) is 0 Å². The highest BCUT2D eigenvalue weighted by atomic mass is 127. The molecule has 5 heteroatoms. The minimum absolute atomic E-state index is 0.0758. The van der Waals surface area contributed by atoms with Crippen molar-refractivity contribution in [3.05, 3.63) is 0 Å². The van der Waals surface area contributed by atoms with E-state index in [1.165, 1.54) is 0 Å². The molecule has 0 heterocycles. The maximum atomic E-state index is 11.1. The third-order valence-electron chi connectivity index (χ3n) is 2.92. The highest BCUT2D eigenvalue weighted by Crippen LogP contribution is 2.18. The van der Waals surface area contributed by atoms with E-state index >= 15 is 0 Å². The quantitative estimate of drug-likeness (QED) is 0.501. The van der Waals surface area contributed by atoms with E-state index in [1.807, 2.05) is 27.7 Å². The highest BCUT2D eigenvalue weighted by Gasteiger charge is 2.21. The van der Waals surface area contributed by atoms with Crippen molar-refractivity contribution in [2.45, 2.75) is 51.7 Å². The second kappa shape index (κ2) is 8.32. The first kappa shape index (κ1) is 18.1. The summed E-state index contributed by atoms with van der Waals surface area (Å²) in [6.07, 6.45) is 1.66. The Morgan fingerprint density at radius 1 is 1.17 bits per heavy atom. The van der Waals surface area contributed by atoms with Gasteiger partial charge in [0.2, 0.25) is 5.91 Å². The van der Waals surface area contributed by atoms with E-state index in [-0.39, 0.29) is 17.1 Å². The van der Waals surface area contributed by atoms with Crippen LogP contribution in [0.5, 0.6) is 0 Å². The maximum Gasteiger partial charge on any atom is 0.229 e. The summed E-state index contributed by atoms with van der Waals surface area (Å²) in [5.74, 6) is 0.0758. The van der Waals surface area contributed by atoms with Gasteiger partial charge in [0.05, 0.1) is 22.2 Å². The number of carbonyl (C=O) groups is 1. The number of nitrogens with one attached hydrogen (secondary N) is 1. The first-order chi connectivity index (χ1) is 8.22. The van der Waals surface area contributed by atoms with Crippen molar-refractivity contribution in [3.63, 3.8) is 0 Å². The third kappa shape index (κ3) is 9.10. The monoisotopic (exact) mass is 371 g/mol. The van der Waals surface area contributed by atoms with E-state index in [0.717, 1.165) is 12.8 Å². The Hall–Kier alpha value is 0.120. The molecule has 0 radical (unpaired) electrons. The predicted octanol–water partition coefficient (Wildman–Crippen LogP) is 2.54. The summed E-state index contributed by atoms with van der Waals surface area (Å²) in [6.45, 7) is 9.50. The molecule has 0 fully saturated rings. The molecule has 0 spiro atoms. The molecule has 0 aromatic rings. The molecule has 0 rings (SSSR count). The Morgan fingerprint density at radius 3 is 2.28 bits per heavy atom. The lowest BCUT2D eigenvalue weighted by atomic mass is 10.0. The van der Waals surface area contributed by atoms with Crippen LogP contribution in [0.1, 0.15) is 40.5 Å². The number of hydrogen-bond donors (Lipinski definition) is 1. The van der Waals surface area contributed by atoms with Gasteiger partial charge >= 0.3 is 0 Å². The SMILES string of the molecule is COC(C)(C)CCOC(C)(C)CCNC(=O)CI. The van der Waals surface area contributed by atoms with Crippen molar-refractivity contribution < 1.29 is 14.3 Å². The molecule has 4 nitrogen and oxygen atoms in total. The zero-order chi connectivity index (χ0) is 14.2. The van der Waals surface area contributed by atoms with Crippen LogP contribution in [0.2, 0.25) is 0 Å². The number of halogens is 1. The van der Waals surface area contributed by atoms with Crippen LogP contribution in [0.25, 0.3) is 0 Å². The van der Waals surface area contributed by atoms with E-state index in [2.05, 4.69) is 27.9 Å². The number of ether oxygens (including phenoxy) is 2. The minimum atomic E-state index is -0.220. The molecular formula is C13H26INO3. The standard InChI is InChI=1S/C13H26INO3/c1-12(2,17-5)7-9-18-13(3,4)6-8-15-11(16)10-14/h6-10H2,1-5H3,(H,15,16). The fourth-order valence-electron chi connectivity index (χ4n) is 1.30. The zero-order valence-corrected chi connectivity index (χ0v) is 14.3. The minimum Gasteiger partial charge on any atom is -0.379 e. The Bertz CT molecular complexity index is 255. The van der Waals surface area contributed by atoms with Gasteiger partial charge in [-0.1, -0.05) is 22.6 Å². The predicted molar refractivity (Wildman–Crippen MR) is 82.2 cm³/mol. The van der Waals surface area contributed by atoms with Crippen LogP contribution in [0.15, 0.2) is 0 Å². The van der Waals surface area contributed by atoms with Gasteiger partial charge < -0.3 is 14.8 Å². The first-order valence-electron chi connectivity index (χ1n) is 6.24. The van der Waals surface area contributed by atoms with Gasteiger partial charge in [0, 0.05) is 13.7 Å². The lowest BCUT2D eigenvalue weighted by Crippen LogP contribution is -2.34. The topological polar surface area (TPSA) is 47.6 Å². The molecular weight excluding hydrogens is 345 g/mol. The average molecular weight is 371 g/mol. The summed E-state index contributed by atoms with van der Waals surface area (Å²) in [4.78, 5) is 11.1. The molecule has 0 aliphatic heterocycles. The number of hydrogen-bond acceptors (Lipinski definition) is 3. The molecule has 0 saturated heterocycles. The molecule has 0 aliphatic rings. The van der Waals surface area contributed by atoms with Gasteiger partial charge in [-0.25, -0.2) is 0 Å². The number of carbonyl (C=O) groups excluding carboxylic acids is 1. The van der Waals surface area contributed by atoms with Gasteiger partial charge in [-0.2, -0.15) is 0 Å². The molecule has 108 valence electrons. The molecule has 1 N–H and O–H groups in total. The van der Waals surface area contributed by atoms with Crippen LogP contribution in [0, 0.1) is 0 Å².